The SMILES string of the molecule is CCC(C(=O)Nc1cc(OC)cc([N+](=O)[O-])c1)n1nc(C)c(Cl)c1C. The fourth-order valence-corrected chi connectivity index (χ4v) is 2.64. The quantitative estimate of drug-likeness (QED) is 0.621. The van der Waals surface area contributed by atoms with E-state index < -0.39 is 11.0 Å². The lowest BCUT2D eigenvalue weighted by Crippen LogP contribution is -2.27. The van der Waals surface area contributed by atoms with E-state index in [2.05, 4.69) is 10.4 Å². The number of halogens is 1. The number of anilines is 1. The smallest absolute Gasteiger partial charge is 0.275 e. The van der Waals surface area contributed by atoms with Gasteiger partial charge in [0.1, 0.15) is 11.8 Å². The molecule has 0 fully saturated rings. The molecule has 1 aromatic heterocycles. The molecule has 0 bridgehead atoms. The second-order valence-electron chi connectivity index (χ2n) is 5.52. The lowest BCUT2D eigenvalue weighted by molar-refractivity contribution is -0.384. The number of carbonyl (C=O) groups excluding carboxylic acids is 1. The molecule has 2 rings (SSSR count). The third-order valence-electron chi connectivity index (χ3n) is 3.83. The molecule has 0 aliphatic rings. The Morgan fingerprint density at radius 3 is 2.60 bits per heavy atom. The first-order chi connectivity index (χ1) is 11.8. The maximum atomic E-state index is 12.7. The number of rotatable bonds is 6. The van der Waals surface area contributed by atoms with Crippen LogP contribution in [0.1, 0.15) is 30.8 Å². The van der Waals surface area contributed by atoms with Crippen LogP contribution in [0.3, 0.4) is 0 Å². The van der Waals surface area contributed by atoms with Crippen LogP contribution in [-0.2, 0) is 4.79 Å². The average Bonchev–Trinajstić information content (AvgIpc) is 2.82. The van der Waals surface area contributed by atoms with Gasteiger partial charge in [0.05, 0.1) is 40.2 Å². The summed E-state index contributed by atoms with van der Waals surface area (Å²) in [5.74, 6) is -0.0565. The summed E-state index contributed by atoms with van der Waals surface area (Å²) >= 11 is 6.15. The number of aromatic nitrogens is 2. The summed E-state index contributed by atoms with van der Waals surface area (Å²) in [6.45, 7) is 5.40. The number of hydrogen-bond donors (Lipinski definition) is 1. The van der Waals surface area contributed by atoms with E-state index >= 15 is 0 Å². The summed E-state index contributed by atoms with van der Waals surface area (Å²) < 4.78 is 6.62. The molecule has 1 aromatic carbocycles. The molecule has 2 aromatic rings. The van der Waals surface area contributed by atoms with E-state index in [0.29, 0.717) is 22.8 Å². The van der Waals surface area contributed by atoms with Gasteiger partial charge in [-0.2, -0.15) is 5.10 Å². The molecule has 1 N–H and O–H groups in total. The second-order valence-corrected chi connectivity index (χ2v) is 5.90. The third-order valence-corrected chi connectivity index (χ3v) is 4.37. The lowest BCUT2D eigenvalue weighted by atomic mass is 10.2. The Morgan fingerprint density at radius 1 is 1.44 bits per heavy atom. The van der Waals surface area contributed by atoms with Crippen molar-refractivity contribution in [3.8, 4) is 5.75 Å². The maximum Gasteiger partial charge on any atom is 0.275 e. The summed E-state index contributed by atoms with van der Waals surface area (Å²) in [5.41, 5.74) is 1.44. The van der Waals surface area contributed by atoms with Crippen molar-refractivity contribution in [1.29, 1.82) is 0 Å². The van der Waals surface area contributed by atoms with Crippen LogP contribution in [0, 0.1) is 24.0 Å². The molecule has 8 nitrogen and oxygen atoms in total. The van der Waals surface area contributed by atoms with Crippen molar-refractivity contribution in [3.05, 3.63) is 44.7 Å². The van der Waals surface area contributed by atoms with E-state index in [-0.39, 0.29) is 23.0 Å². The number of carbonyl (C=O) groups is 1. The maximum absolute atomic E-state index is 12.7. The highest BCUT2D eigenvalue weighted by atomic mass is 35.5. The first kappa shape index (κ1) is 18.7. The number of aryl methyl sites for hydroxylation is 1. The van der Waals surface area contributed by atoms with Gasteiger partial charge in [0.15, 0.2) is 0 Å². The number of nitro groups is 1. The minimum Gasteiger partial charge on any atom is -0.496 e. The van der Waals surface area contributed by atoms with E-state index in [4.69, 9.17) is 16.3 Å². The number of nitrogens with zero attached hydrogens (tertiary/aromatic N) is 3. The Morgan fingerprint density at radius 2 is 2.12 bits per heavy atom. The van der Waals surface area contributed by atoms with Crippen LogP contribution in [0.2, 0.25) is 5.02 Å². The van der Waals surface area contributed by atoms with E-state index in [1.807, 2.05) is 6.92 Å². The summed E-state index contributed by atoms with van der Waals surface area (Å²) in [5, 5.41) is 18.5. The van der Waals surface area contributed by atoms with Crippen LogP contribution in [0.4, 0.5) is 11.4 Å². The summed E-state index contributed by atoms with van der Waals surface area (Å²) in [7, 11) is 1.40. The van der Waals surface area contributed by atoms with Gasteiger partial charge in [-0.15, -0.1) is 0 Å². The lowest BCUT2D eigenvalue weighted by Gasteiger charge is -2.17. The number of nitro benzene ring substituents is 1. The monoisotopic (exact) mass is 366 g/mol. The summed E-state index contributed by atoms with van der Waals surface area (Å²) in [4.78, 5) is 23.1. The Labute approximate surface area is 149 Å². The molecule has 0 saturated carbocycles. The zero-order valence-electron chi connectivity index (χ0n) is 14.4. The van der Waals surface area contributed by atoms with Crippen LogP contribution in [-0.4, -0.2) is 27.7 Å². The van der Waals surface area contributed by atoms with Crippen LogP contribution >= 0.6 is 11.6 Å². The number of nitrogens with one attached hydrogen (secondary N) is 1. The third kappa shape index (κ3) is 3.90. The van der Waals surface area contributed by atoms with E-state index in [0.717, 1.165) is 0 Å². The van der Waals surface area contributed by atoms with Crippen LogP contribution in [0.5, 0.6) is 5.75 Å². The van der Waals surface area contributed by atoms with Crippen molar-refractivity contribution < 1.29 is 14.5 Å². The number of amides is 1. The molecule has 134 valence electrons. The molecular weight excluding hydrogens is 348 g/mol. The van der Waals surface area contributed by atoms with Crippen LogP contribution in [0.25, 0.3) is 0 Å². The zero-order valence-corrected chi connectivity index (χ0v) is 15.1. The summed E-state index contributed by atoms with van der Waals surface area (Å²) in [6, 6.07) is 3.50. The van der Waals surface area contributed by atoms with Crippen molar-refractivity contribution >= 4 is 28.9 Å². The van der Waals surface area contributed by atoms with Crippen LogP contribution < -0.4 is 10.1 Å². The molecule has 0 radical (unpaired) electrons. The molecule has 1 unspecified atom stereocenters. The first-order valence-electron chi connectivity index (χ1n) is 7.64. The molecule has 1 amide bonds. The highest BCUT2D eigenvalue weighted by Crippen LogP contribution is 2.28. The molecule has 25 heavy (non-hydrogen) atoms. The first-order valence-corrected chi connectivity index (χ1v) is 8.01. The fourth-order valence-electron chi connectivity index (χ4n) is 2.52. The van der Waals surface area contributed by atoms with Gasteiger partial charge in [-0.3, -0.25) is 19.6 Å². The molecule has 0 aliphatic heterocycles. The van der Waals surface area contributed by atoms with Crippen LogP contribution in [0.15, 0.2) is 18.2 Å². The average molecular weight is 367 g/mol. The van der Waals surface area contributed by atoms with Gasteiger partial charge >= 0.3 is 0 Å². The van der Waals surface area contributed by atoms with Gasteiger partial charge in [0.2, 0.25) is 5.91 Å². The van der Waals surface area contributed by atoms with Crippen molar-refractivity contribution in [3.63, 3.8) is 0 Å². The van der Waals surface area contributed by atoms with Crippen molar-refractivity contribution in [1.82, 2.24) is 9.78 Å². The van der Waals surface area contributed by atoms with Gasteiger partial charge in [-0.25, -0.2) is 0 Å². The van der Waals surface area contributed by atoms with E-state index in [1.54, 1.807) is 18.5 Å². The van der Waals surface area contributed by atoms with Gasteiger partial charge in [-0.05, 0) is 20.3 Å². The summed E-state index contributed by atoms with van der Waals surface area (Å²) in [6.07, 6.45) is 0.482. The van der Waals surface area contributed by atoms with Crippen molar-refractivity contribution in [2.24, 2.45) is 0 Å². The van der Waals surface area contributed by atoms with Crippen molar-refractivity contribution in [2.75, 3.05) is 12.4 Å². The molecule has 0 spiro atoms. The molecule has 9 heteroatoms. The van der Waals surface area contributed by atoms with Gasteiger partial charge in [0.25, 0.3) is 5.69 Å². The zero-order chi connectivity index (χ0) is 18.7. The minimum atomic E-state index is -0.587. The fraction of sp³-hybridized carbons (Fsp3) is 0.375. The highest BCUT2D eigenvalue weighted by Gasteiger charge is 2.24. The minimum absolute atomic E-state index is 0.170. The predicted molar refractivity (Wildman–Crippen MR) is 94.3 cm³/mol. The van der Waals surface area contributed by atoms with E-state index in [9.17, 15) is 14.9 Å². The largest absolute Gasteiger partial charge is 0.496 e. The van der Waals surface area contributed by atoms with Crippen molar-refractivity contribution in [2.45, 2.75) is 33.2 Å². The molecule has 1 atom stereocenters. The Bertz CT molecular complexity index is 819. The van der Waals surface area contributed by atoms with Gasteiger partial charge in [0, 0.05) is 12.1 Å². The Balaban J connectivity index is 2.32. The van der Waals surface area contributed by atoms with Gasteiger partial charge in [-0.1, -0.05) is 18.5 Å². The second kappa shape index (κ2) is 7.52. The molecular formula is C16H19ClN4O4. The Kier molecular flexibility index (Phi) is 5.63. The standard InChI is InChI=1S/C16H19ClN4O4/c1-5-14(20-10(3)15(17)9(2)19-20)16(22)18-11-6-12(21(23)24)8-13(7-11)25-4/h6-8,14H,5H2,1-4H3,(H,18,22). The van der Waals surface area contributed by atoms with Gasteiger partial charge < -0.3 is 10.1 Å². The Hall–Kier alpha value is -2.61. The normalized spacial score (nSPS) is 11.9. The highest BCUT2D eigenvalue weighted by molar-refractivity contribution is 6.31. The topological polar surface area (TPSA) is 99.3 Å². The number of non-ortho nitro benzene ring substituents is 1. The molecule has 0 aliphatic carbocycles. The van der Waals surface area contributed by atoms with E-state index in [1.165, 1.54) is 25.3 Å². The number of benzene rings is 1. The molecule has 0 saturated heterocycles. The molecule has 1 heterocycles. The number of ether oxygens (including phenoxy) is 1. The predicted octanol–water partition coefficient (Wildman–Crippen LogP) is 3.66. The number of hydrogen-bond acceptors (Lipinski definition) is 5. The number of methoxy groups -OCH3 is 1.